The minimum Gasteiger partial charge on any atom is -0.492 e. The van der Waals surface area contributed by atoms with Crippen LogP contribution in [0.5, 0.6) is 5.75 Å². The summed E-state index contributed by atoms with van der Waals surface area (Å²) in [5.74, 6) is 0.416. The number of ether oxygens (including phenoxy) is 1. The van der Waals surface area contributed by atoms with Gasteiger partial charge in [-0.15, -0.1) is 0 Å². The minimum absolute atomic E-state index is 0.220. The Balaban J connectivity index is 1.97. The van der Waals surface area contributed by atoms with Crippen LogP contribution in [-0.2, 0) is 4.79 Å². The Morgan fingerprint density at radius 3 is 2.67 bits per heavy atom. The number of hydrogen-bond acceptors (Lipinski definition) is 3. The highest BCUT2D eigenvalue weighted by molar-refractivity contribution is 9.10. The van der Waals surface area contributed by atoms with Crippen LogP contribution in [-0.4, -0.2) is 17.6 Å². The molecule has 0 aliphatic carbocycles. The van der Waals surface area contributed by atoms with E-state index in [1.54, 1.807) is 0 Å². The Labute approximate surface area is 172 Å². The molecule has 0 bridgehead atoms. The lowest BCUT2D eigenvalue weighted by molar-refractivity contribution is -0.113. The van der Waals surface area contributed by atoms with Crippen molar-refractivity contribution >= 4 is 44.9 Å². The number of amides is 1. The molecule has 140 valence electrons. The fourth-order valence-corrected chi connectivity index (χ4v) is 3.76. The van der Waals surface area contributed by atoms with E-state index in [0.29, 0.717) is 34.4 Å². The van der Waals surface area contributed by atoms with Crippen LogP contribution < -0.4 is 20.7 Å². The number of para-hydroxylation sites is 2. The summed E-state index contributed by atoms with van der Waals surface area (Å²) in [5, 5.41) is 9.70. The number of hydrogen-bond donors (Lipinski definition) is 3. The van der Waals surface area contributed by atoms with Gasteiger partial charge in [-0.2, -0.15) is 0 Å². The number of halogens is 1. The van der Waals surface area contributed by atoms with Crippen LogP contribution in [0.15, 0.2) is 64.3 Å². The van der Waals surface area contributed by atoms with Crippen molar-refractivity contribution in [3.8, 4) is 5.75 Å². The fraction of sp³-hybridized carbons (Fsp3) is 0.200. The Morgan fingerprint density at radius 2 is 1.93 bits per heavy atom. The van der Waals surface area contributed by atoms with Crippen molar-refractivity contribution in [1.29, 1.82) is 0 Å². The molecule has 0 radical (unpaired) electrons. The second kappa shape index (κ2) is 8.54. The van der Waals surface area contributed by atoms with E-state index in [1.165, 1.54) is 0 Å². The molecule has 3 N–H and O–H groups in total. The van der Waals surface area contributed by atoms with Gasteiger partial charge >= 0.3 is 0 Å². The van der Waals surface area contributed by atoms with Gasteiger partial charge in [0.15, 0.2) is 5.11 Å². The minimum atomic E-state index is -0.367. The molecule has 0 saturated carbocycles. The summed E-state index contributed by atoms with van der Waals surface area (Å²) < 4.78 is 6.51. The Bertz CT molecular complexity index is 914. The van der Waals surface area contributed by atoms with Crippen molar-refractivity contribution in [3.63, 3.8) is 0 Å². The second-order valence-electron chi connectivity index (χ2n) is 5.97. The molecule has 1 aliphatic heterocycles. The van der Waals surface area contributed by atoms with Crippen LogP contribution in [0.1, 0.15) is 25.5 Å². The summed E-state index contributed by atoms with van der Waals surface area (Å²) in [6.45, 7) is 4.27. The van der Waals surface area contributed by atoms with Crippen molar-refractivity contribution in [2.75, 3.05) is 11.9 Å². The quantitative estimate of drug-likeness (QED) is 0.599. The lowest BCUT2D eigenvalue weighted by Gasteiger charge is -2.31. The smallest absolute Gasteiger partial charge is 0.255 e. The normalized spacial score (nSPS) is 16.4. The zero-order valence-corrected chi connectivity index (χ0v) is 17.4. The first-order chi connectivity index (χ1) is 13.0. The molecule has 5 nitrogen and oxygen atoms in total. The van der Waals surface area contributed by atoms with E-state index in [9.17, 15) is 4.79 Å². The molecule has 0 fully saturated rings. The third-order valence-corrected chi connectivity index (χ3v) is 5.11. The Morgan fingerprint density at radius 1 is 1.22 bits per heavy atom. The van der Waals surface area contributed by atoms with E-state index in [-0.39, 0.29) is 11.9 Å². The predicted octanol–water partition coefficient (Wildman–Crippen LogP) is 4.28. The van der Waals surface area contributed by atoms with Crippen molar-refractivity contribution < 1.29 is 9.53 Å². The predicted molar refractivity (Wildman–Crippen MR) is 115 cm³/mol. The van der Waals surface area contributed by atoms with Gasteiger partial charge in [-0.25, -0.2) is 0 Å². The summed E-state index contributed by atoms with van der Waals surface area (Å²) in [6, 6.07) is 14.8. The largest absolute Gasteiger partial charge is 0.492 e. The molecular weight excluding hydrogens is 426 g/mol. The van der Waals surface area contributed by atoms with Crippen LogP contribution >= 0.6 is 28.1 Å². The maximum Gasteiger partial charge on any atom is 0.255 e. The van der Waals surface area contributed by atoms with Gasteiger partial charge in [0.2, 0.25) is 0 Å². The number of thiocarbonyl (C=S) groups is 1. The Kier molecular flexibility index (Phi) is 6.13. The van der Waals surface area contributed by atoms with Gasteiger partial charge in [0.05, 0.1) is 23.9 Å². The van der Waals surface area contributed by atoms with E-state index < -0.39 is 0 Å². The van der Waals surface area contributed by atoms with E-state index in [1.807, 2.05) is 62.4 Å². The zero-order chi connectivity index (χ0) is 19.4. The molecule has 1 heterocycles. The number of carbonyl (C=O) groups is 1. The molecule has 1 aliphatic rings. The average Bonchev–Trinajstić information content (AvgIpc) is 2.63. The van der Waals surface area contributed by atoms with Crippen molar-refractivity contribution in [1.82, 2.24) is 10.6 Å². The lowest BCUT2D eigenvalue weighted by Crippen LogP contribution is -2.45. The fourth-order valence-electron chi connectivity index (χ4n) is 2.98. The maximum absolute atomic E-state index is 13.2. The van der Waals surface area contributed by atoms with E-state index >= 15 is 0 Å². The SMILES string of the molecule is CCOc1ccccc1NC(=O)C1=C(C)NC(=S)N[C@@H]1c1ccccc1Br. The molecule has 1 atom stereocenters. The van der Waals surface area contributed by atoms with E-state index in [0.717, 1.165) is 10.0 Å². The molecule has 27 heavy (non-hydrogen) atoms. The van der Waals surface area contributed by atoms with Crippen molar-refractivity contribution in [3.05, 3.63) is 69.8 Å². The van der Waals surface area contributed by atoms with Gasteiger partial charge in [-0.1, -0.05) is 46.3 Å². The summed E-state index contributed by atoms with van der Waals surface area (Å²) in [4.78, 5) is 13.2. The van der Waals surface area contributed by atoms with E-state index in [2.05, 4.69) is 31.9 Å². The van der Waals surface area contributed by atoms with Crippen LogP contribution in [0.2, 0.25) is 0 Å². The number of anilines is 1. The summed E-state index contributed by atoms with van der Waals surface area (Å²) in [6.07, 6.45) is 0. The highest BCUT2D eigenvalue weighted by Gasteiger charge is 2.31. The Hall–Kier alpha value is -2.38. The van der Waals surface area contributed by atoms with Crippen molar-refractivity contribution in [2.45, 2.75) is 19.9 Å². The number of rotatable bonds is 5. The van der Waals surface area contributed by atoms with Gasteiger partial charge in [-0.05, 0) is 49.8 Å². The lowest BCUT2D eigenvalue weighted by atomic mass is 9.95. The summed E-state index contributed by atoms with van der Waals surface area (Å²) >= 11 is 8.87. The monoisotopic (exact) mass is 445 g/mol. The highest BCUT2D eigenvalue weighted by atomic mass is 79.9. The number of nitrogens with one attached hydrogen (secondary N) is 3. The molecule has 0 spiro atoms. The zero-order valence-electron chi connectivity index (χ0n) is 15.0. The standard InChI is InChI=1S/C20H20BrN3O2S/c1-3-26-16-11-7-6-10-15(16)23-19(25)17-12(2)22-20(27)24-18(17)13-8-4-5-9-14(13)21/h4-11,18H,3H2,1-2H3,(H,23,25)(H2,22,24,27)/t18-/m1/s1. The molecule has 0 aromatic heterocycles. The molecule has 2 aromatic carbocycles. The molecule has 0 unspecified atom stereocenters. The van der Waals surface area contributed by atoms with Crippen LogP contribution in [0, 0.1) is 0 Å². The number of allylic oxidation sites excluding steroid dienone is 1. The highest BCUT2D eigenvalue weighted by Crippen LogP contribution is 2.33. The van der Waals surface area contributed by atoms with Crippen LogP contribution in [0.3, 0.4) is 0 Å². The molecule has 7 heteroatoms. The van der Waals surface area contributed by atoms with Gasteiger partial charge in [0.1, 0.15) is 5.75 Å². The molecule has 2 aromatic rings. The topological polar surface area (TPSA) is 62.4 Å². The molecule has 3 rings (SSSR count). The first-order valence-corrected chi connectivity index (χ1v) is 9.77. The maximum atomic E-state index is 13.2. The van der Waals surface area contributed by atoms with Crippen molar-refractivity contribution in [2.24, 2.45) is 0 Å². The second-order valence-corrected chi connectivity index (χ2v) is 7.24. The molecule has 1 amide bonds. The molecule has 0 saturated heterocycles. The first-order valence-electron chi connectivity index (χ1n) is 8.57. The summed E-state index contributed by atoms with van der Waals surface area (Å²) in [5.41, 5.74) is 2.85. The van der Waals surface area contributed by atoms with E-state index in [4.69, 9.17) is 17.0 Å². The third kappa shape index (κ3) is 4.31. The van der Waals surface area contributed by atoms with Gasteiger partial charge in [0.25, 0.3) is 5.91 Å². The van der Waals surface area contributed by atoms with Gasteiger partial charge in [0, 0.05) is 10.2 Å². The van der Waals surface area contributed by atoms with Crippen LogP contribution in [0.25, 0.3) is 0 Å². The first kappa shape index (κ1) is 19.4. The average molecular weight is 446 g/mol. The summed E-state index contributed by atoms with van der Waals surface area (Å²) in [7, 11) is 0. The number of benzene rings is 2. The number of carbonyl (C=O) groups excluding carboxylic acids is 1. The van der Waals surface area contributed by atoms with Gasteiger partial charge < -0.3 is 20.7 Å². The third-order valence-electron chi connectivity index (χ3n) is 4.17. The van der Waals surface area contributed by atoms with Gasteiger partial charge in [-0.3, -0.25) is 4.79 Å². The molecular formula is C20H20BrN3O2S. The van der Waals surface area contributed by atoms with Crippen LogP contribution in [0.4, 0.5) is 5.69 Å².